The van der Waals surface area contributed by atoms with Crippen molar-refractivity contribution in [2.75, 3.05) is 12.9 Å². The highest BCUT2D eigenvalue weighted by atomic mass is 32.2. The Bertz CT molecular complexity index is 576. The molecule has 1 atom stereocenters. The molecule has 0 fully saturated rings. The smallest absolute Gasteiger partial charge is 0.338 e. The van der Waals surface area contributed by atoms with Crippen molar-refractivity contribution in [3.63, 3.8) is 0 Å². The first kappa shape index (κ1) is 18.0. The minimum absolute atomic E-state index is 0.00634. The maximum absolute atomic E-state index is 11.8. The number of amides is 1. The van der Waals surface area contributed by atoms with Gasteiger partial charge in [-0.2, -0.15) is 0 Å². The van der Waals surface area contributed by atoms with Crippen LogP contribution < -0.4 is 5.32 Å². The van der Waals surface area contributed by atoms with Gasteiger partial charge >= 0.3 is 5.97 Å². The van der Waals surface area contributed by atoms with Gasteiger partial charge in [0, 0.05) is 12.1 Å². The number of carbonyl (C=O) groups is 2. The molecule has 0 saturated carbocycles. The van der Waals surface area contributed by atoms with Crippen LogP contribution in [0, 0.1) is 10.1 Å². The molecule has 0 aliphatic rings. The molecule has 0 unspecified atom stereocenters. The molecule has 0 aliphatic heterocycles. The lowest BCUT2D eigenvalue weighted by atomic mass is 10.2. The molecular formula is C14H18N2O5S. The molecule has 0 aromatic heterocycles. The number of nitro groups is 1. The van der Waals surface area contributed by atoms with Crippen molar-refractivity contribution >= 4 is 29.3 Å². The Kier molecular flexibility index (Phi) is 6.84. The third-order valence-corrected chi connectivity index (χ3v) is 3.75. The van der Waals surface area contributed by atoms with Crippen LogP contribution in [-0.4, -0.2) is 35.7 Å². The highest BCUT2D eigenvalue weighted by molar-refractivity contribution is 7.98. The third kappa shape index (κ3) is 5.03. The SMILES string of the molecule is CC[C@H](C)NC(=O)COC(=O)c1ccc(SC)c([N+](=O)[O-])c1. The predicted octanol–water partition coefficient (Wildman–Crippen LogP) is 2.39. The average molecular weight is 326 g/mol. The van der Waals surface area contributed by atoms with E-state index in [9.17, 15) is 19.7 Å². The Labute approximate surface area is 132 Å². The molecule has 0 spiro atoms. The van der Waals surface area contributed by atoms with Gasteiger partial charge in [-0.05, 0) is 31.7 Å². The van der Waals surface area contributed by atoms with E-state index in [-0.39, 0.29) is 17.3 Å². The van der Waals surface area contributed by atoms with Gasteiger partial charge in [0.05, 0.1) is 15.4 Å². The van der Waals surface area contributed by atoms with Crippen molar-refractivity contribution < 1.29 is 19.2 Å². The van der Waals surface area contributed by atoms with E-state index in [1.165, 1.54) is 23.9 Å². The van der Waals surface area contributed by atoms with E-state index in [1.54, 1.807) is 6.26 Å². The highest BCUT2D eigenvalue weighted by Gasteiger charge is 2.18. The number of hydrogen-bond donors (Lipinski definition) is 1. The Morgan fingerprint density at radius 1 is 1.45 bits per heavy atom. The Hall–Kier alpha value is -2.09. The number of ether oxygens (including phenoxy) is 1. The largest absolute Gasteiger partial charge is 0.452 e. The molecule has 1 amide bonds. The Balaban J connectivity index is 2.72. The molecule has 120 valence electrons. The van der Waals surface area contributed by atoms with Gasteiger partial charge in [-0.15, -0.1) is 11.8 Å². The number of nitrogens with one attached hydrogen (secondary N) is 1. The van der Waals surface area contributed by atoms with Crippen LogP contribution in [0.2, 0.25) is 0 Å². The summed E-state index contributed by atoms with van der Waals surface area (Å²) in [5.41, 5.74) is -0.119. The summed E-state index contributed by atoms with van der Waals surface area (Å²) in [5.74, 6) is -1.17. The van der Waals surface area contributed by atoms with Gasteiger partial charge in [0.2, 0.25) is 0 Å². The zero-order valence-electron chi connectivity index (χ0n) is 12.6. The van der Waals surface area contributed by atoms with E-state index in [0.29, 0.717) is 4.90 Å². The average Bonchev–Trinajstić information content (AvgIpc) is 2.51. The van der Waals surface area contributed by atoms with E-state index in [0.717, 1.165) is 12.5 Å². The Morgan fingerprint density at radius 2 is 2.14 bits per heavy atom. The van der Waals surface area contributed by atoms with Crippen LogP contribution in [0.3, 0.4) is 0 Å². The molecule has 0 radical (unpaired) electrons. The van der Waals surface area contributed by atoms with Gasteiger partial charge in [0.25, 0.3) is 11.6 Å². The van der Waals surface area contributed by atoms with Gasteiger partial charge in [-0.1, -0.05) is 6.92 Å². The summed E-state index contributed by atoms with van der Waals surface area (Å²) in [6.07, 6.45) is 2.47. The molecular weight excluding hydrogens is 308 g/mol. The van der Waals surface area contributed by atoms with Crippen LogP contribution in [-0.2, 0) is 9.53 Å². The molecule has 0 bridgehead atoms. The first-order chi connectivity index (χ1) is 10.4. The van der Waals surface area contributed by atoms with E-state index in [4.69, 9.17) is 4.74 Å². The molecule has 0 aliphatic carbocycles. The number of benzene rings is 1. The summed E-state index contributed by atoms with van der Waals surface area (Å²) in [6, 6.07) is 4.07. The van der Waals surface area contributed by atoms with Gasteiger partial charge in [0.15, 0.2) is 6.61 Å². The fraction of sp³-hybridized carbons (Fsp3) is 0.429. The quantitative estimate of drug-likeness (QED) is 0.357. The van der Waals surface area contributed by atoms with Crippen molar-refractivity contribution in [1.29, 1.82) is 0 Å². The van der Waals surface area contributed by atoms with Crippen molar-refractivity contribution in [1.82, 2.24) is 5.32 Å². The topological polar surface area (TPSA) is 98.5 Å². The zero-order valence-corrected chi connectivity index (χ0v) is 13.4. The van der Waals surface area contributed by atoms with Crippen LogP contribution in [0.15, 0.2) is 23.1 Å². The monoisotopic (exact) mass is 326 g/mol. The lowest BCUT2D eigenvalue weighted by molar-refractivity contribution is -0.387. The van der Waals surface area contributed by atoms with Crippen molar-refractivity contribution in [3.8, 4) is 0 Å². The second-order valence-corrected chi connectivity index (χ2v) is 5.44. The normalized spacial score (nSPS) is 11.6. The summed E-state index contributed by atoms with van der Waals surface area (Å²) >= 11 is 1.21. The van der Waals surface area contributed by atoms with Crippen molar-refractivity contribution in [3.05, 3.63) is 33.9 Å². The van der Waals surface area contributed by atoms with E-state index in [1.807, 2.05) is 13.8 Å². The number of nitrogens with zero attached hydrogens (tertiary/aromatic N) is 1. The summed E-state index contributed by atoms with van der Waals surface area (Å²) < 4.78 is 4.86. The summed E-state index contributed by atoms with van der Waals surface area (Å²) in [7, 11) is 0. The number of thioether (sulfide) groups is 1. The van der Waals surface area contributed by atoms with Gasteiger partial charge in [0.1, 0.15) is 0 Å². The summed E-state index contributed by atoms with van der Waals surface area (Å²) in [4.78, 5) is 34.2. The van der Waals surface area contributed by atoms with E-state index in [2.05, 4.69) is 5.32 Å². The van der Waals surface area contributed by atoms with Crippen LogP contribution in [0.4, 0.5) is 5.69 Å². The molecule has 1 aromatic carbocycles. The molecule has 22 heavy (non-hydrogen) atoms. The molecule has 8 heteroatoms. The maximum Gasteiger partial charge on any atom is 0.338 e. The Morgan fingerprint density at radius 3 is 2.68 bits per heavy atom. The first-order valence-electron chi connectivity index (χ1n) is 6.68. The van der Waals surface area contributed by atoms with Gasteiger partial charge in [-0.3, -0.25) is 14.9 Å². The van der Waals surface area contributed by atoms with Crippen molar-refractivity contribution in [2.45, 2.75) is 31.2 Å². The molecule has 1 aromatic rings. The lowest BCUT2D eigenvalue weighted by Gasteiger charge is -2.11. The van der Waals surface area contributed by atoms with Crippen LogP contribution in [0.25, 0.3) is 0 Å². The lowest BCUT2D eigenvalue weighted by Crippen LogP contribution is -2.35. The van der Waals surface area contributed by atoms with Crippen LogP contribution in [0.5, 0.6) is 0 Å². The molecule has 0 heterocycles. The zero-order chi connectivity index (χ0) is 16.7. The fourth-order valence-corrected chi connectivity index (χ4v) is 2.14. The number of carbonyl (C=O) groups excluding carboxylic acids is 2. The number of rotatable bonds is 7. The molecule has 0 saturated heterocycles. The number of nitro benzene ring substituents is 1. The second-order valence-electron chi connectivity index (χ2n) is 4.60. The summed E-state index contributed by atoms with van der Waals surface area (Å²) in [5, 5.41) is 13.6. The van der Waals surface area contributed by atoms with Gasteiger partial charge in [-0.25, -0.2) is 4.79 Å². The minimum Gasteiger partial charge on any atom is -0.452 e. The number of esters is 1. The molecule has 1 N–H and O–H groups in total. The summed E-state index contributed by atoms with van der Waals surface area (Å²) in [6.45, 7) is 3.34. The highest BCUT2D eigenvalue weighted by Crippen LogP contribution is 2.28. The van der Waals surface area contributed by atoms with Gasteiger partial charge < -0.3 is 10.1 Å². The number of hydrogen-bond acceptors (Lipinski definition) is 6. The predicted molar refractivity (Wildman–Crippen MR) is 83.1 cm³/mol. The molecule has 1 rings (SSSR count). The fourth-order valence-electron chi connectivity index (χ4n) is 1.59. The van der Waals surface area contributed by atoms with E-state index >= 15 is 0 Å². The maximum atomic E-state index is 11.8. The first-order valence-corrected chi connectivity index (χ1v) is 7.90. The minimum atomic E-state index is -0.768. The van der Waals surface area contributed by atoms with Crippen molar-refractivity contribution in [2.24, 2.45) is 0 Å². The standard InChI is InChI=1S/C14H18N2O5S/c1-4-9(2)15-13(17)8-21-14(18)10-5-6-12(22-3)11(7-10)16(19)20/h5-7,9H,4,8H2,1-3H3,(H,15,17)/t9-/m0/s1. The van der Waals surface area contributed by atoms with Crippen LogP contribution in [0.1, 0.15) is 30.6 Å². The second kappa shape index (κ2) is 8.38. The molecule has 7 nitrogen and oxygen atoms in total. The van der Waals surface area contributed by atoms with E-state index < -0.39 is 23.4 Å². The third-order valence-electron chi connectivity index (χ3n) is 2.97. The van der Waals surface area contributed by atoms with Crippen LogP contribution >= 0.6 is 11.8 Å².